The number of benzene rings is 1. The van der Waals surface area contributed by atoms with Crippen molar-refractivity contribution in [1.82, 2.24) is 4.72 Å². The minimum absolute atomic E-state index is 0.148. The van der Waals surface area contributed by atoms with Crippen molar-refractivity contribution in [3.05, 3.63) is 23.5 Å². The number of halogens is 1. The predicted octanol–water partition coefficient (Wildman–Crippen LogP) is 1.56. The zero-order valence-corrected chi connectivity index (χ0v) is 12.2. The average molecular weight is 302 g/mol. The summed E-state index contributed by atoms with van der Waals surface area (Å²) in [6, 6.07) is 2.27. The zero-order valence-electron chi connectivity index (χ0n) is 11.4. The Morgan fingerprint density at radius 2 is 2.20 bits per heavy atom. The normalized spacial score (nSPS) is 20.0. The van der Waals surface area contributed by atoms with Crippen LogP contribution in [0.1, 0.15) is 24.8 Å². The quantitative estimate of drug-likeness (QED) is 0.827. The summed E-state index contributed by atoms with van der Waals surface area (Å²) in [5, 5.41) is 0. The summed E-state index contributed by atoms with van der Waals surface area (Å²) < 4.78 is 45.8. The maximum atomic E-state index is 13.8. The van der Waals surface area contributed by atoms with Gasteiger partial charge in [-0.3, -0.25) is 0 Å². The van der Waals surface area contributed by atoms with E-state index in [0.29, 0.717) is 12.2 Å². The molecule has 1 unspecified atom stereocenters. The number of hydrogen-bond acceptors (Lipinski definition) is 4. The van der Waals surface area contributed by atoms with Gasteiger partial charge >= 0.3 is 0 Å². The molecule has 0 aromatic heterocycles. The van der Waals surface area contributed by atoms with Crippen molar-refractivity contribution in [1.29, 1.82) is 0 Å². The summed E-state index contributed by atoms with van der Waals surface area (Å²) in [5.41, 5.74) is 6.40. The van der Waals surface area contributed by atoms with Crippen molar-refractivity contribution in [2.45, 2.75) is 37.2 Å². The highest BCUT2D eigenvalue weighted by molar-refractivity contribution is 7.89. The van der Waals surface area contributed by atoms with Crippen molar-refractivity contribution in [3.8, 4) is 0 Å². The summed E-state index contributed by atoms with van der Waals surface area (Å²) in [5.74, 6) is -0.797. The monoisotopic (exact) mass is 302 g/mol. The van der Waals surface area contributed by atoms with Crippen LogP contribution in [0.5, 0.6) is 0 Å². The highest BCUT2D eigenvalue weighted by Gasteiger charge is 2.22. The lowest BCUT2D eigenvalue weighted by atomic mass is 10.1. The molecule has 1 aliphatic rings. The van der Waals surface area contributed by atoms with Crippen LogP contribution >= 0.6 is 0 Å². The number of anilines is 1. The molecule has 112 valence electrons. The Hall–Kier alpha value is -1.18. The molecule has 5 nitrogen and oxygen atoms in total. The molecule has 3 N–H and O–H groups in total. The van der Waals surface area contributed by atoms with Crippen LogP contribution in [0.25, 0.3) is 0 Å². The third-order valence-corrected chi connectivity index (χ3v) is 4.82. The Kier molecular flexibility index (Phi) is 4.62. The Bertz CT molecular complexity index is 584. The zero-order chi connectivity index (χ0) is 14.8. The summed E-state index contributed by atoms with van der Waals surface area (Å²) in [7, 11) is -3.91. The molecule has 0 saturated carbocycles. The second kappa shape index (κ2) is 6.07. The van der Waals surface area contributed by atoms with Crippen LogP contribution in [0.15, 0.2) is 17.0 Å². The minimum atomic E-state index is -3.91. The summed E-state index contributed by atoms with van der Waals surface area (Å²) in [6.45, 7) is 2.41. The fourth-order valence-corrected chi connectivity index (χ4v) is 3.28. The van der Waals surface area contributed by atoms with Gasteiger partial charge in [0.2, 0.25) is 10.0 Å². The minimum Gasteiger partial charge on any atom is -0.398 e. The standard InChI is InChI=1S/C13H19FN2O3S/c1-9-6-11(14)13(7-12(9)15)20(17,18)16-8-10-4-2-3-5-19-10/h6-7,10,16H,2-5,8,15H2,1H3. The summed E-state index contributed by atoms with van der Waals surface area (Å²) >= 11 is 0. The van der Waals surface area contributed by atoms with Crippen LogP contribution in [0.4, 0.5) is 10.1 Å². The molecule has 0 bridgehead atoms. The molecule has 1 fully saturated rings. The van der Waals surface area contributed by atoms with Gasteiger partial charge in [-0.1, -0.05) is 0 Å². The molecule has 1 aromatic rings. The van der Waals surface area contributed by atoms with E-state index in [9.17, 15) is 12.8 Å². The number of sulfonamides is 1. The lowest BCUT2D eigenvalue weighted by Gasteiger charge is -2.22. The number of ether oxygens (including phenoxy) is 1. The van der Waals surface area contributed by atoms with Gasteiger partial charge in [0, 0.05) is 18.8 Å². The molecule has 1 saturated heterocycles. The van der Waals surface area contributed by atoms with Crippen LogP contribution in [-0.4, -0.2) is 27.7 Å². The van der Waals surface area contributed by atoms with E-state index in [1.807, 2.05) is 0 Å². The molecule has 0 radical (unpaired) electrons. The smallest absolute Gasteiger partial charge is 0.243 e. The Balaban J connectivity index is 2.11. The highest BCUT2D eigenvalue weighted by Crippen LogP contribution is 2.21. The number of nitrogens with one attached hydrogen (secondary N) is 1. The van der Waals surface area contributed by atoms with E-state index in [1.165, 1.54) is 0 Å². The summed E-state index contributed by atoms with van der Waals surface area (Å²) in [4.78, 5) is -0.420. The van der Waals surface area contributed by atoms with Gasteiger partial charge in [0.25, 0.3) is 0 Å². The molecule has 1 aromatic carbocycles. The van der Waals surface area contributed by atoms with Gasteiger partial charge in [-0.05, 0) is 43.9 Å². The SMILES string of the molecule is Cc1cc(F)c(S(=O)(=O)NCC2CCCCO2)cc1N. The largest absolute Gasteiger partial charge is 0.398 e. The van der Waals surface area contributed by atoms with Gasteiger partial charge in [-0.2, -0.15) is 0 Å². The van der Waals surface area contributed by atoms with E-state index < -0.39 is 20.7 Å². The maximum Gasteiger partial charge on any atom is 0.243 e. The average Bonchev–Trinajstić information content (AvgIpc) is 2.42. The first-order chi connectivity index (χ1) is 9.40. The van der Waals surface area contributed by atoms with Crippen molar-refractivity contribution < 1.29 is 17.5 Å². The number of hydrogen-bond donors (Lipinski definition) is 2. The van der Waals surface area contributed by atoms with Crippen LogP contribution < -0.4 is 10.5 Å². The predicted molar refractivity (Wildman–Crippen MR) is 74.3 cm³/mol. The Labute approximate surface area is 118 Å². The molecular weight excluding hydrogens is 283 g/mol. The van der Waals surface area contributed by atoms with Gasteiger partial charge in [0.05, 0.1) is 6.10 Å². The van der Waals surface area contributed by atoms with Crippen LogP contribution in [0, 0.1) is 12.7 Å². The number of nitrogen functional groups attached to an aromatic ring is 1. The van der Waals surface area contributed by atoms with E-state index in [4.69, 9.17) is 10.5 Å². The van der Waals surface area contributed by atoms with E-state index >= 15 is 0 Å². The fourth-order valence-electron chi connectivity index (χ4n) is 2.12. The van der Waals surface area contributed by atoms with Crippen molar-refractivity contribution >= 4 is 15.7 Å². The fraction of sp³-hybridized carbons (Fsp3) is 0.538. The van der Waals surface area contributed by atoms with Gasteiger partial charge < -0.3 is 10.5 Å². The molecule has 0 amide bonds. The van der Waals surface area contributed by atoms with Crippen molar-refractivity contribution in [2.24, 2.45) is 0 Å². The van der Waals surface area contributed by atoms with Crippen molar-refractivity contribution in [3.63, 3.8) is 0 Å². The van der Waals surface area contributed by atoms with Crippen LogP contribution in [0.3, 0.4) is 0 Å². The summed E-state index contributed by atoms with van der Waals surface area (Å²) in [6.07, 6.45) is 2.66. The molecule has 0 spiro atoms. The second-order valence-corrected chi connectivity index (χ2v) is 6.72. The molecular formula is C13H19FN2O3S. The molecule has 7 heteroatoms. The van der Waals surface area contributed by atoms with Gasteiger partial charge in [0.1, 0.15) is 10.7 Å². The lowest BCUT2D eigenvalue weighted by Crippen LogP contribution is -2.35. The van der Waals surface area contributed by atoms with Gasteiger partial charge in [-0.15, -0.1) is 0 Å². The van der Waals surface area contributed by atoms with E-state index in [2.05, 4.69) is 4.72 Å². The molecule has 0 aliphatic carbocycles. The van der Waals surface area contributed by atoms with Gasteiger partial charge in [-0.25, -0.2) is 17.5 Å². The number of nitrogens with two attached hydrogens (primary N) is 1. The van der Waals surface area contributed by atoms with Crippen LogP contribution in [0.2, 0.25) is 0 Å². The maximum absolute atomic E-state index is 13.8. The molecule has 1 atom stereocenters. The first-order valence-electron chi connectivity index (χ1n) is 6.57. The Morgan fingerprint density at radius 3 is 2.85 bits per heavy atom. The van der Waals surface area contributed by atoms with E-state index in [1.54, 1.807) is 6.92 Å². The third-order valence-electron chi connectivity index (χ3n) is 3.39. The van der Waals surface area contributed by atoms with E-state index in [0.717, 1.165) is 31.4 Å². The molecule has 20 heavy (non-hydrogen) atoms. The van der Waals surface area contributed by atoms with Crippen molar-refractivity contribution in [2.75, 3.05) is 18.9 Å². The first-order valence-corrected chi connectivity index (χ1v) is 8.05. The molecule has 1 heterocycles. The van der Waals surface area contributed by atoms with Gasteiger partial charge in [0.15, 0.2) is 0 Å². The first kappa shape index (κ1) is 15.2. The second-order valence-electron chi connectivity index (χ2n) is 4.98. The van der Waals surface area contributed by atoms with Crippen LogP contribution in [-0.2, 0) is 14.8 Å². The lowest BCUT2D eigenvalue weighted by molar-refractivity contribution is 0.0200. The number of rotatable bonds is 4. The highest BCUT2D eigenvalue weighted by atomic mass is 32.2. The third kappa shape index (κ3) is 3.47. The van der Waals surface area contributed by atoms with E-state index in [-0.39, 0.29) is 18.3 Å². The topological polar surface area (TPSA) is 81.4 Å². The molecule has 2 rings (SSSR count). The molecule has 1 aliphatic heterocycles. The Morgan fingerprint density at radius 1 is 1.45 bits per heavy atom. The number of aryl methyl sites for hydroxylation is 1.